The largest absolute Gasteiger partial charge is 0.356 e. The normalized spacial score (nSPS) is 15.6. The summed E-state index contributed by atoms with van der Waals surface area (Å²) in [7, 11) is 4.06. The van der Waals surface area contributed by atoms with Gasteiger partial charge in [-0.3, -0.25) is 9.59 Å². The van der Waals surface area contributed by atoms with Gasteiger partial charge in [0.1, 0.15) is 0 Å². The molecule has 0 unspecified atom stereocenters. The Balaban J connectivity index is 1.75. The summed E-state index contributed by atoms with van der Waals surface area (Å²) in [6.45, 7) is 5.02. The summed E-state index contributed by atoms with van der Waals surface area (Å²) in [6.07, 6.45) is 2.46. The summed E-state index contributed by atoms with van der Waals surface area (Å²) in [6, 6.07) is 7.67. The molecule has 0 saturated carbocycles. The van der Waals surface area contributed by atoms with E-state index in [9.17, 15) is 9.59 Å². The smallest absolute Gasteiger partial charge is 0.253 e. The highest BCUT2D eigenvalue weighted by atomic mass is 16.2. The molecule has 5 heteroatoms. The van der Waals surface area contributed by atoms with Gasteiger partial charge in [-0.1, -0.05) is 17.7 Å². The van der Waals surface area contributed by atoms with E-state index in [0.29, 0.717) is 13.1 Å². The van der Waals surface area contributed by atoms with Gasteiger partial charge in [-0.25, -0.2) is 0 Å². The van der Waals surface area contributed by atoms with Gasteiger partial charge in [0, 0.05) is 31.1 Å². The third-order valence-corrected chi connectivity index (χ3v) is 4.53. The number of rotatable bonds is 6. The van der Waals surface area contributed by atoms with Crippen LogP contribution in [0.5, 0.6) is 0 Å². The highest BCUT2D eigenvalue weighted by Gasteiger charge is 2.27. The number of benzene rings is 1. The zero-order valence-corrected chi connectivity index (χ0v) is 15.0. The molecule has 2 amide bonds. The van der Waals surface area contributed by atoms with Crippen molar-refractivity contribution in [3.63, 3.8) is 0 Å². The number of piperidine rings is 1. The Kier molecular flexibility index (Phi) is 6.79. The standard InChI is InChI=1S/C19H29N3O2/c1-15-5-7-17(8-6-15)19(24)22-13-9-16(10-14-22)18(23)20-11-4-12-21(2)3/h5-8,16H,4,9-14H2,1-3H3,(H,20,23). The van der Waals surface area contributed by atoms with Gasteiger partial charge in [-0.05, 0) is 59.0 Å². The minimum Gasteiger partial charge on any atom is -0.356 e. The summed E-state index contributed by atoms with van der Waals surface area (Å²) in [4.78, 5) is 28.7. The van der Waals surface area contributed by atoms with Crippen LogP contribution >= 0.6 is 0 Å². The van der Waals surface area contributed by atoms with Crippen molar-refractivity contribution in [2.75, 3.05) is 40.3 Å². The topological polar surface area (TPSA) is 52.7 Å². The van der Waals surface area contributed by atoms with Crippen molar-refractivity contribution in [2.24, 2.45) is 5.92 Å². The van der Waals surface area contributed by atoms with Crippen LogP contribution in [0.4, 0.5) is 0 Å². The summed E-state index contributed by atoms with van der Waals surface area (Å²) in [5, 5.41) is 3.02. The van der Waals surface area contributed by atoms with E-state index in [1.54, 1.807) is 0 Å². The van der Waals surface area contributed by atoms with E-state index in [0.717, 1.165) is 43.5 Å². The van der Waals surface area contributed by atoms with Crippen LogP contribution in [0.15, 0.2) is 24.3 Å². The van der Waals surface area contributed by atoms with E-state index in [4.69, 9.17) is 0 Å². The summed E-state index contributed by atoms with van der Waals surface area (Å²) in [5.41, 5.74) is 1.88. The van der Waals surface area contributed by atoms with Gasteiger partial charge in [0.15, 0.2) is 0 Å². The third kappa shape index (κ3) is 5.34. The molecule has 24 heavy (non-hydrogen) atoms. The number of nitrogens with zero attached hydrogens (tertiary/aromatic N) is 2. The Bertz CT molecular complexity index is 546. The second-order valence-electron chi connectivity index (χ2n) is 6.88. The van der Waals surface area contributed by atoms with Gasteiger partial charge in [0.2, 0.25) is 5.91 Å². The SMILES string of the molecule is Cc1ccc(C(=O)N2CCC(C(=O)NCCCN(C)C)CC2)cc1. The number of carbonyl (C=O) groups excluding carboxylic acids is 2. The molecule has 2 rings (SSSR count). The Morgan fingerprint density at radius 2 is 1.79 bits per heavy atom. The molecule has 1 saturated heterocycles. The molecule has 1 aliphatic rings. The molecule has 0 atom stereocenters. The van der Waals surface area contributed by atoms with Gasteiger partial charge < -0.3 is 15.1 Å². The molecule has 132 valence electrons. The van der Waals surface area contributed by atoms with E-state index in [1.807, 2.05) is 50.2 Å². The summed E-state index contributed by atoms with van der Waals surface area (Å²) in [5.74, 6) is 0.238. The number of amides is 2. The predicted molar refractivity (Wildman–Crippen MR) is 96.0 cm³/mol. The molecule has 0 radical (unpaired) electrons. The molecule has 0 spiro atoms. The lowest BCUT2D eigenvalue weighted by Crippen LogP contribution is -2.43. The van der Waals surface area contributed by atoms with Gasteiger partial charge >= 0.3 is 0 Å². The van der Waals surface area contributed by atoms with Crippen LogP contribution in [0.25, 0.3) is 0 Å². The molecule has 0 aromatic heterocycles. The Hall–Kier alpha value is -1.88. The molecule has 1 N–H and O–H groups in total. The Morgan fingerprint density at radius 1 is 1.17 bits per heavy atom. The van der Waals surface area contributed by atoms with E-state index in [1.165, 1.54) is 0 Å². The first-order chi connectivity index (χ1) is 11.5. The van der Waals surface area contributed by atoms with Crippen molar-refractivity contribution in [3.8, 4) is 0 Å². The maximum absolute atomic E-state index is 12.5. The number of likely N-dealkylation sites (tertiary alicyclic amines) is 1. The first kappa shape index (κ1) is 18.5. The van der Waals surface area contributed by atoms with Crippen LogP contribution in [-0.4, -0.2) is 61.9 Å². The van der Waals surface area contributed by atoms with Crippen molar-refractivity contribution >= 4 is 11.8 Å². The monoisotopic (exact) mass is 331 g/mol. The molecule has 1 aromatic carbocycles. The van der Waals surface area contributed by atoms with Crippen molar-refractivity contribution in [1.29, 1.82) is 0 Å². The fourth-order valence-corrected chi connectivity index (χ4v) is 2.97. The molecule has 1 aromatic rings. The Morgan fingerprint density at radius 3 is 2.38 bits per heavy atom. The van der Waals surface area contributed by atoms with Crippen molar-refractivity contribution < 1.29 is 9.59 Å². The molecule has 0 bridgehead atoms. The minimum atomic E-state index is 0.0337. The maximum atomic E-state index is 12.5. The van der Waals surface area contributed by atoms with Crippen molar-refractivity contribution in [2.45, 2.75) is 26.2 Å². The molecular weight excluding hydrogens is 302 g/mol. The lowest BCUT2D eigenvalue weighted by Gasteiger charge is -2.31. The number of aryl methyl sites for hydroxylation is 1. The highest BCUT2D eigenvalue weighted by Crippen LogP contribution is 2.19. The van der Waals surface area contributed by atoms with Crippen LogP contribution in [0.3, 0.4) is 0 Å². The quantitative estimate of drug-likeness (QED) is 0.810. The zero-order valence-electron chi connectivity index (χ0n) is 15.0. The maximum Gasteiger partial charge on any atom is 0.253 e. The lowest BCUT2D eigenvalue weighted by molar-refractivity contribution is -0.126. The average molecular weight is 331 g/mol. The van der Waals surface area contributed by atoms with Crippen LogP contribution in [0.1, 0.15) is 35.2 Å². The average Bonchev–Trinajstić information content (AvgIpc) is 2.58. The minimum absolute atomic E-state index is 0.0337. The molecule has 1 heterocycles. The lowest BCUT2D eigenvalue weighted by atomic mass is 9.95. The van der Waals surface area contributed by atoms with Gasteiger partial charge in [0.25, 0.3) is 5.91 Å². The molecule has 1 aliphatic heterocycles. The molecule has 1 fully saturated rings. The summed E-state index contributed by atoms with van der Waals surface area (Å²) >= 11 is 0. The molecule has 0 aliphatic carbocycles. The van der Waals surface area contributed by atoms with Crippen molar-refractivity contribution in [3.05, 3.63) is 35.4 Å². The molecule has 5 nitrogen and oxygen atoms in total. The highest BCUT2D eigenvalue weighted by molar-refractivity contribution is 5.94. The second-order valence-corrected chi connectivity index (χ2v) is 6.88. The number of hydrogen-bond donors (Lipinski definition) is 1. The van der Waals surface area contributed by atoms with Crippen LogP contribution in [0.2, 0.25) is 0 Å². The van der Waals surface area contributed by atoms with Crippen LogP contribution < -0.4 is 5.32 Å². The third-order valence-electron chi connectivity index (χ3n) is 4.53. The first-order valence-corrected chi connectivity index (χ1v) is 8.76. The number of carbonyl (C=O) groups is 2. The van der Waals surface area contributed by atoms with Gasteiger partial charge in [-0.2, -0.15) is 0 Å². The van der Waals surface area contributed by atoms with Crippen LogP contribution in [0, 0.1) is 12.8 Å². The second kappa shape index (κ2) is 8.83. The number of hydrogen-bond acceptors (Lipinski definition) is 3. The van der Waals surface area contributed by atoms with E-state index in [2.05, 4.69) is 10.2 Å². The van der Waals surface area contributed by atoms with Gasteiger partial charge in [-0.15, -0.1) is 0 Å². The van der Waals surface area contributed by atoms with E-state index < -0.39 is 0 Å². The predicted octanol–water partition coefficient (Wildman–Crippen LogP) is 1.92. The zero-order chi connectivity index (χ0) is 17.5. The first-order valence-electron chi connectivity index (χ1n) is 8.76. The van der Waals surface area contributed by atoms with E-state index >= 15 is 0 Å². The van der Waals surface area contributed by atoms with Crippen LogP contribution in [-0.2, 0) is 4.79 Å². The Labute approximate surface area is 145 Å². The van der Waals surface area contributed by atoms with Crippen molar-refractivity contribution in [1.82, 2.24) is 15.1 Å². The fourth-order valence-electron chi connectivity index (χ4n) is 2.97. The van der Waals surface area contributed by atoms with E-state index in [-0.39, 0.29) is 17.7 Å². The number of nitrogens with one attached hydrogen (secondary N) is 1. The molecular formula is C19H29N3O2. The van der Waals surface area contributed by atoms with Gasteiger partial charge in [0.05, 0.1) is 0 Å². The summed E-state index contributed by atoms with van der Waals surface area (Å²) < 4.78 is 0. The fraction of sp³-hybridized carbons (Fsp3) is 0.579.